The molecule has 0 atom stereocenters. The van der Waals surface area contributed by atoms with Crippen LogP contribution in [0.4, 0.5) is 11.4 Å². The summed E-state index contributed by atoms with van der Waals surface area (Å²) < 4.78 is 5.47. The van der Waals surface area contributed by atoms with Gasteiger partial charge >= 0.3 is 0 Å². The van der Waals surface area contributed by atoms with Crippen LogP contribution in [0.2, 0.25) is 5.02 Å². The molecule has 0 unspecified atom stereocenters. The molecule has 2 aromatic rings. The number of carbonyl (C=O) groups is 1. The third-order valence-corrected chi connectivity index (χ3v) is 3.20. The molecule has 0 radical (unpaired) electrons. The molecule has 0 aliphatic heterocycles. The number of ether oxygens (including phenoxy) is 1. The van der Waals surface area contributed by atoms with Gasteiger partial charge in [0.05, 0.1) is 23.7 Å². The van der Waals surface area contributed by atoms with Crippen LogP contribution in [0.1, 0.15) is 12.0 Å². The molecule has 0 aliphatic carbocycles. The lowest BCUT2D eigenvalue weighted by atomic mass is 10.2. The summed E-state index contributed by atoms with van der Waals surface area (Å²) in [6.45, 7) is 2.23. The molecular formula is C16H17ClN2O2. The molecule has 3 N–H and O–H groups in total. The first-order chi connectivity index (χ1) is 10.0. The molecule has 0 fully saturated rings. The fourth-order valence-electron chi connectivity index (χ4n) is 1.77. The number of aryl methyl sites for hydroxylation is 1. The minimum Gasteiger partial charge on any atom is -0.493 e. The molecule has 0 heterocycles. The maximum Gasteiger partial charge on any atom is 0.227 e. The fraction of sp³-hybridized carbons (Fsp3) is 0.188. The summed E-state index contributed by atoms with van der Waals surface area (Å²) in [6.07, 6.45) is 0.245. The lowest BCUT2D eigenvalue weighted by Crippen LogP contribution is -2.15. The first-order valence-corrected chi connectivity index (χ1v) is 6.97. The predicted molar refractivity (Wildman–Crippen MR) is 85.8 cm³/mol. The Bertz CT molecular complexity index is 627. The highest BCUT2D eigenvalue weighted by atomic mass is 35.5. The van der Waals surface area contributed by atoms with Gasteiger partial charge in [-0.15, -0.1) is 0 Å². The zero-order valence-corrected chi connectivity index (χ0v) is 12.5. The van der Waals surface area contributed by atoms with Crippen LogP contribution in [0, 0.1) is 6.92 Å². The van der Waals surface area contributed by atoms with Gasteiger partial charge in [-0.1, -0.05) is 17.7 Å². The first kappa shape index (κ1) is 15.2. The minimum absolute atomic E-state index is 0.141. The zero-order chi connectivity index (χ0) is 15.2. The SMILES string of the molecule is Cc1ccc(Cl)c(NC(=O)CCOc2ccc(N)cc2)c1. The molecule has 0 aromatic heterocycles. The lowest BCUT2D eigenvalue weighted by molar-refractivity contribution is -0.116. The van der Waals surface area contributed by atoms with Crippen LogP contribution in [0.25, 0.3) is 0 Å². The van der Waals surface area contributed by atoms with Crippen molar-refractivity contribution in [3.63, 3.8) is 0 Å². The molecule has 2 aromatic carbocycles. The number of rotatable bonds is 5. The Morgan fingerprint density at radius 2 is 1.95 bits per heavy atom. The van der Waals surface area contributed by atoms with Crippen LogP contribution >= 0.6 is 11.6 Å². The predicted octanol–water partition coefficient (Wildman–Crippen LogP) is 3.64. The van der Waals surface area contributed by atoms with Crippen molar-refractivity contribution >= 4 is 28.9 Å². The first-order valence-electron chi connectivity index (χ1n) is 6.59. The van der Waals surface area contributed by atoms with E-state index in [1.807, 2.05) is 19.1 Å². The van der Waals surface area contributed by atoms with Gasteiger partial charge < -0.3 is 15.8 Å². The fourth-order valence-corrected chi connectivity index (χ4v) is 1.94. The Balaban J connectivity index is 1.82. The Kier molecular flexibility index (Phi) is 5.06. The number of anilines is 2. The van der Waals surface area contributed by atoms with E-state index in [4.69, 9.17) is 22.1 Å². The molecule has 4 nitrogen and oxygen atoms in total. The standard InChI is InChI=1S/C16H17ClN2O2/c1-11-2-7-14(17)15(10-11)19-16(20)8-9-21-13-5-3-12(18)4-6-13/h2-7,10H,8-9,18H2,1H3,(H,19,20). The molecule has 0 saturated carbocycles. The zero-order valence-electron chi connectivity index (χ0n) is 11.7. The highest BCUT2D eigenvalue weighted by Crippen LogP contribution is 2.22. The minimum atomic E-state index is -0.141. The van der Waals surface area contributed by atoms with Crippen LogP contribution in [-0.2, 0) is 4.79 Å². The van der Waals surface area contributed by atoms with Crippen molar-refractivity contribution in [3.05, 3.63) is 53.1 Å². The third kappa shape index (κ3) is 4.68. The number of halogens is 1. The second kappa shape index (κ2) is 6.99. The summed E-state index contributed by atoms with van der Waals surface area (Å²) in [7, 11) is 0. The summed E-state index contributed by atoms with van der Waals surface area (Å²) in [4.78, 5) is 11.9. The molecule has 0 saturated heterocycles. The number of hydrogen-bond donors (Lipinski definition) is 2. The van der Waals surface area contributed by atoms with Gasteiger partial charge in [-0.25, -0.2) is 0 Å². The molecule has 110 valence electrons. The maximum absolute atomic E-state index is 11.9. The monoisotopic (exact) mass is 304 g/mol. The van der Waals surface area contributed by atoms with Gasteiger partial charge in [-0.2, -0.15) is 0 Å². The number of carbonyl (C=O) groups excluding carboxylic acids is 1. The topological polar surface area (TPSA) is 64.3 Å². The highest BCUT2D eigenvalue weighted by Gasteiger charge is 2.06. The van der Waals surface area contributed by atoms with Gasteiger partial charge in [0.25, 0.3) is 0 Å². The van der Waals surface area contributed by atoms with Crippen molar-refractivity contribution in [2.45, 2.75) is 13.3 Å². The van der Waals surface area contributed by atoms with Crippen LogP contribution < -0.4 is 15.8 Å². The van der Waals surface area contributed by atoms with E-state index in [-0.39, 0.29) is 12.3 Å². The van der Waals surface area contributed by atoms with E-state index in [0.717, 1.165) is 5.56 Å². The van der Waals surface area contributed by atoms with Crippen molar-refractivity contribution < 1.29 is 9.53 Å². The van der Waals surface area contributed by atoms with Gasteiger partial charge in [-0.05, 0) is 48.9 Å². The van der Waals surface area contributed by atoms with E-state index in [0.29, 0.717) is 28.8 Å². The van der Waals surface area contributed by atoms with Gasteiger partial charge in [0.1, 0.15) is 5.75 Å². The molecule has 0 aliphatic rings. The van der Waals surface area contributed by atoms with E-state index in [9.17, 15) is 4.79 Å². The molecule has 0 bridgehead atoms. The molecule has 2 rings (SSSR count). The van der Waals surface area contributed by atoms with E-state index < -0.39 is 0 Å². The number of hydrogen-bond acceptors (Lipinski definition) is 3. The van der Waals surface area contributed by atoms with Crippen LogP contribution in [0.15, 0.2) is 42.5 Å². The molecule has 1 amide bonds. The second-order valence-electron chi connectivity index (χ2n) is 4.70. The quantitative estimate of drug-likeness (QED) is 0.829. The average Bonchev–Trinajstić information content (AvgIpc) is 2.45. The average molecular weight is 305 g/mol. The van der Waals surface area contributed by atoms with Gasteiger partial charge in [0.15, 0.2) is 0 Å². The van der Waals surface area contributed by atoms with Crippen molar-refractivity contribution in [2.75, 3.05) is 17.7 Å². The van der Waals surface area contributed by atoms with Crippen LogP contribution in [0.3, 0.4) is 0 Å². The van der Waals surface area contributed by atoms with Crippen molar-refractivity contribution in [2.24, 2.45) is 0 Å². The Morgan fingerprint density at radius 3 is 2.67 bits per heavy atom. The normalized spacial score (nSPS) is 10.2. The smallest absolute Gasteiger partial charge is 0.227 e. The number of benzene rings is 2. The largest absolute Gasteiger partial charge is 0.493 e. The van der Waals surface area contributed by atoms with E-state index in [1.165, 1.54) is 0 Å². The summed E-state index contributed by atoms with van der Waals surface area (Å²) in [6, 6.07) is 12.5. The highest BCUT2D eigenvalue weighted by molar-refractivity contribution is 6.33. The molecular weight excluding hydrogens is 288 g/mol. The molecule has 5 heteroatoms. The van der Waals surface area contributed by atoms with E-state index >= 15 is 0 Å². The van der Waals surface area contributed by atoms with Gasteiger partial charge in [0.2, 0.25) is 5.91 Å². The van der Waals surface area contributed by atoms with Gasteiger partial charge in [-0.3, -0.25) is 4.79 Å². The van der Waals surface area contributed by atoms with Crippen molar-refractivity contribution in [1.82, 2.24) is 0 Å². The Labute approximate surface area is 128 Å². The number of nitrogen functional groups attached to an aromatic ring is 1. The summed E-state index contributed by atoms with van der Waals surface area (Å²) in [5.41, 5.74) is 7.91. The van der Waals surface area contributed by atoms with Crippen LogP contribution in [0.5, 0.6) is 5.75 Å². The Morgan fingerprint density at radius 1 is 1.24 bits per heavy atom. The summed E-state index contributed by atoms with van der Waals surface area (Å²) in [5, 5.41) is 3.30. The molecule has 0 spiro atoms. The summed E-state index contributed by atoms with van der Waals surface area (Å²) in [5.74, 6) is 0.545. The second-order valence-corrected chi connectivity index (χ2v) is 5.11. The van der Waals surface area contributed by atoms with Gasteiger partial charge in [0, 0.05) is 5.69 Å². The van der Waals surface area contributed by atoms with Crippen LogP contribution in [-0.4, -0.2) is 12.5 Å². The number of amides is 1. The third-order valence-electron chi connectivity index (χ3n) is 2.87. The number of nitrogens with one attached hydrogen (secondary N) is 1. The lowest BCUT2D eigenvalue weighted by Gasteiger charge is -2.09. The Hall–Kier alpha value is -2.20. The van der Waals surface area contributed by atoms with Crippen molar-refractivity contribution in [3.8, 4) is 5.75 Å². The number of nitrogens with two attached hydrogens (primary N) is 1. The summed E-state index contributed by atoms with van der Waals surface area (Å²) >= 11 is 6.03. The molecule has 21 heavy (non-hydrogen) atoms. The van der Waals surface area contributed by atoms with Crippen molar-refractivity contribution in [1.29, 1.82) is 0 Å². The van der Waals surface area contributed by atoms with E-state index in [2.05, 4.69) is 5.32 Å². The maximum atomic E-state index is 11.9. The van der Waals surface area contributed by atoms with E-state index in [1.54, 1.807) is 30.3 Å².